The van der Waals surface area contributed by atoms with Crippen molar-refractivity contribution >= 4 is 5.97 Å². The van der Waals surface area contributed by atoms with E-state index in [-0.39, 0.29) is 0 Å². The van der Waals surface area contributed by atoms with Crippen LogP contribution in [0.2, 0.25) is 0 Å². The van der Waals surface area contributed by atoms with E-state index in [0.29, 0.717) is 5.92 Å². The van der Waals surface area contributed by atoms with Crippen LogP contribution in [-0.4, -0.2) is 35.1 Å². The quantitative estimate of drug-likeness (QED) is 0.707. The van der Waals surface area contributed by atoms with Crippen LogP contribution in [0.4, 0.5) is 0 Å². The Labute approximate surface area is 79.7 Å². The molecule has 0 radical (unpaired) electrons. The van der Waals surface area contributed by atoms with E-state index < -0.39 is 11.5 Å². The van der Waals surface area contributed by atoms with Gasteiger partial charge in [-0.3, -0.25) is 9.69 Å². The first kappa shape index (κ1) is 10.5. The average Bonchev–Trinajstić information content (AvgIpc) is 2.85. The molecule has 1 saturated carbocycles. The van der Waals surface area contributed by atoms with Gasteiger partial charge in [-0.15, -0.1) is 0 Å². The van der Waals surface area contributed by atoms with Gasteiger partial charge in [0.05, 0.1) is 0 Å². The van der Waals surface area contributed by atoms with Crippen molar-refractivity contribution in [3.05, 3.63) is 0 Å². The zero-order valence-corrected chi connectivity index (χ0v) is 8.71. The maximum atomic E-state index is 11.2. The molecule has 0 bridgehead atoms. The maximum Gasteiger partial charge on any atom is 0.324 e. The molecule has 0 aliphatic heterocycles. The molecule has 0 aromatic heterocycles. The van der Waals surface area contributed by atoms with Crippen molar-refractivity contribution in [1.29, 1.82) is 0 Å². The molecule has 3 heteroatoms. The van der Waals surface area contributed by atoms with Crippen molar-refractivity contribution in [3.8, 4) is 0 Å². The summed E-state index contributed by atoms with van der Waals surface area (Å²) in [5, 5.41) is 9.20. The first-order valence-corrected chi connectivity index (χ1v) is 4.98. The Hall–Kier alpha value is -0.570. The number of carboxylic acid groups (broad SMARTS) is 1. The Bertz CT molecular complexity index is 201. The van der Waals surface area contributed by atoms with Crippen LogP contribution in [0.3, 0.4) is 0 Å². The fourth-order valence-electron chi connectivity index (χ4n) is 1.86. The van der Waals surface area contributed by atoms with E-state index in [0.717, 1.165) is 25.8 Å². The van der Waals surface area contributed by atoms with Crippen LogP contribution in [0.25, 0.3) is 0 Å². The van der Waals surface area contributed by atoms with Gasteiger partial charge in [0, 0.05) is 0 Å². The van der Waals surface area contributed by atoms with E-state index in [1.54, 1.807) is 0 Å². The first-order chi connectivity index (χ1) is 6.03. The van der Waals surface area contributed by atoms with Gasteiger partial charge < -0.3 is 5.11 Å². The lowest BCUT2D eigenvalue weighted by Gasteiger charge is -2.35. The minimum atomic E-state index is -0.675. The highest BCUT2D eigenvalue weighted by Gasteiger charge is 2.49. The van der Waals surface area contributed by atoms with E-state index in [4.69, 9.17) is 0 Å². The average molecular weight is 185 g/mol. The van der Waals surface area contributed by atoms with E-state index in [2.05, 4.69) is 6.92 Å². The molecule has 1 fully saturated rings. The van der Waals surface area contributed by atoms with Gasteiger partial charge in [-0.1, -0.05) is 6.92 Å². The van der Waals surface area contributed by atoms with Crippen LogP contribution in [-0.2, 0) is 4.79 Å². The molecule has 0 amide bonds. The second-order valence-electron chi connectivity index (χ2n) is 4.15. The van der Waals surface area contributed by atoms with E-state index >= 15 is 0 Å². The predicted molar refractivity (Wildman–Crippen MR) is 51.7 cm³/mol. The number of likely N-dealkylation sites (N-methyl/N-ethyl adjacent to an activating group) is 1. The molecule has 0 heterocycles. The molecule has 1 rings (SSSR count). The highest BCUT2D eigenvalue weighted by atomic mass is 16.4. The van der Waals surface area contributed by atoms with Gasteiger partial charge in [0.15, 0.2) is 0 Å². The third-order valence-electron chi connectivity index (χ3n) is 3.16. The summed E-state index contributed by atoms with van der Waals surface area (Å²) in [4.78, 5) is 13.2. The summed E-state index contributed by atoms with van der Waals surface area (Å²) < 4.78 is 0. The fraction of sp³-hybridized carbons (Fsp3) is 0.900. The number of hydrogen-bond acceptors (Lipinski definition) is 2. The van der Waals surface area contributed by atoms with E-state index in [9.17, 15) is 9.90 Å². The second-order valence-corrected chi connectivity index (χ2v) is 4.15. The zero-order chi connectivity index (χ0) is 10.1. The number of rotatable bonds is 5. The standard InChI is InChI=1S/C10H19NO2/c1-4-7-11(3)10(2,9(12)13)8-5-6-8/h8H,4-7H2,1-3H3,(H,12,13). The molecule has 0 saturated heterocycles. The lowest BCUT2D eigenvalue weighted by Crippen LogP contribution is -2.52. The van der Waals surface area contributed by atoms with Gasteiger partial charge in [-0.25, -0.2) is 0 Å². The number of carbonyl (C=O) groups is 1. The molecule has 13 heavy (non-hydrogen) atoms. The zero-order valence-electron chi connectivity index (χ0n) is 8.71. The Morgan fingerprint density at radius 3 is 2.46 bits per heavy atom. The third kappa shape index (κ3) is 1.85. The van der Waals surface area contributed by atoms with Gasteiger partial charge in [0.1, 0.15) is 5.54 Å². The molecular weight excluding hydrogens is 166 g/mol. The van der Waals surface area contributed by atoms with Gasteiger partial charge in [0.2, 0.25) is 0 Å². The van der Waals surface area contributed by atoms with Crippen LogP contribution in [0.5, 0.6) is 0 Å². The molecule has 0 spiro atoms. The van der Waals surface area contributed by atoms with Crippen molar-refractivity contribution in [1.82, 2.24) is 4.90 Å². The molecule has 1 unspecified atom stereocenters. The second kappa shape index (κ2) is 3.66. The van der Waals surface area contributed by atoms with Crippen molar-refractivity contribution in [2.45, 2.75) is 38.6 Å². The summed E-state index contributed by atoms with van der Waals surface area (Å²) in [5.74, 6) is -0.313. The molecule has 0 aromatic carbocycles. The molecule has 1 aliphatic rings. The van der Waals surface area contributed by atoms with E-state index in [1.807, 2.05) is 18.9 Å². The SMILES string of the molecule is CCCN(C)C(C)(C(=O)O)C1CC1. The molecule has 76 valence electrons. The maximum absolute atomic E-state index is 11.2. The Morgan fingerprint density at radius 1 is 1.62 bits per heavy atom. The van der Waals surface area contributed by atoms with Crippen LogP contribution >= 0.6 is 0 Å². The highest BCUT2D eigenvalue weighted by Crippen LogP contribution is 2.42. The van der Waals surface area contributed by atoms with Gasteiger partial charge in [-0.05, 0) is 45.7 Å². The fourth-order valence-corrected chi connectivity index (χ4v) is 1.86. The lowest BCUT2D eigenvalue weighted by atomic mass is 9.94. The summed E-state index contributed by atoms with van der Waals surface area (Å²) in [7, 11) is 1.91. The predicted octanol–water partition coefficient (Wildman–Crippen LogP) is 1.58. The molecule has 1 atom stereocenters. The summed E-state index contributed by atoms with van der Waals surface area (Å²) in [5.41, 5.74) is -0.629. The van der Waals surface area contributed by atoms with Crippen LogP contribution in [0, 0.1) is 5.92 Å². The highest BCUT2D eigenvalue weighted by molar-refractivity contribution is 5.79. The Kier molecular flexibility index (Phi) is 2.96. The van der Waals surface area contributed by atoms with Crippen molar-refractivity contribution < 1.29 is 9.90 Å². The van der Waals surface area contributed by atoms with Gasteiger partial charge in [0.25, 0.3) is 0 Å². The third-order valence-corrected chi connectivity index (χ3v) is 3.16. The summed E-state index contributed by atoms with van der Waals surface area (Å²) >= 11 is 0. The topological polar surface area (TPSA) is 40.5 Å². The van der Waals surface area contributed by atoms with Gasteiger partial charge in [-0.2, -0.15) is 0 Å². The van der Waals surface area contributed by atoms with Crippen LogP contribution < -0.4 is 0 Å². The number of carboxylic acids is 1. The van der Waals surface area contributed by atoms with Crippen molar-refractivity contribution in [2.75, 3.05) is 13.6 Å². The smallest absolute Gasteiger partial charge is 0.324 e. The largest absolute Gasteiger partial charge is 0.480 e. The summed E-state index contributed by atoms with van der Waals surface area (Å²) in [6.45, 7) is 4.79. The Morgan fingerprint density at radius 2 is 2.15 bits per heavy atom. The molecule has 0 aromatic rings. The summed E-state index contributed by atoms with van der Waals surface area (Å²) in [6.07, 6.45) is 3.14. The van der Waals surface area contributed by atoms with Crippen molar-refractivity contribution in [3.63, 3.8) is 0 Å². The van der Waals surface area contributed by atoms with Crippen molar-refractivity contribution in [2.24, 2.45) is 5.92 Å². The Balaban J connectivity index is 2.70. The monoisotopic (exact) mass is 185 g/mol. The number of aliphatic carboxylic acids is 1. The van der Waals surface area contributed by atoms with Gasteiger partial charge >= 0.3 is 5.97 Å². The van der Waals surface area contributed by atoms with E-state index in [1.165, 1.54) is 0 Å². The molecule has 1 N–H and O–H groups in total. The number of nitrogens with zero attached hydrogens (tertiary/aromatic N) is 1. The van der Waals surface area contributed by atoms with Crippen LogP contribution in [0.15, 0.2) is 0 Å². The number of hydrogen-bond donors (Lipinski definition) is 1. The lowest BCUT2D eigenvalue weighted by molar-refractivity contribution is -0.151. The van der Waals surface area contributed by atoms with Crippen LogP contribution in [0.1, 0.15) is 33.1 Å². The molecule has 1 aliphatic carbocycles. The normalized spacial score (nSPS) is 21.5. The minimum absolute atomic E-state index is 0.363. The molecular formula is C10H19NO2. The minimum Gasteiger partial charge on any atom is -0.480 e. The first-order valence-electron chi connectivity index (χ1n) is 4.98. The molecule has 3 nitrogen and oxygen atoms in total. The summed E-state index contributed by atoms with van der Waals surface area (Å²) in [6, 6.07) is 0.